The molecule has 7 nitrogen and oxygen atoms in total. The summed E-state index contributed by atoms with van der Waals surface area (Å²) in [6.45, 7) is 1.26. The van der Waals surface area contributed by atoms with Crippen molar-refractivity contribution in [1.29, 1.82) is 0 Å². The van der Waals surface area contributed by atoms with E-state index in [-0.39, 0.29) is 11.6 Å². The summed E-state index contributed by atoms with van der Waals surface area (Å²) >= 11 is 0. The van der Waals surface area contributed by atoms with E-state index in [2.05, 4.69) is 45.7 Å². The van der Waals surface area contributed by atoms with E-state index in [1.165, 1.54) is 12.8 Å². The van der Waals surface area contributed by atoms with E-state index >= 15 is 0 Å². The molecule has 1 aromatic heterocycles. The number of carbonyl (C=O) groups excluding carboxylic acids is 2. The third-order valence-corrected chi connectivity index (χ3v) is 6.22. The molecule has 2 aliphatic heterocycles. The maximum Gasteiger partial charge on any atom is 0.337 e. The number of ether oxygens (including phenoxy) is 1. The van der Waals surface area contributed by atoms with E-state index < -0.39 is 5.97 Å². The molecule has 7 heteroatoms. The number of anilines is 2. The number of carbonyl (C=O) groups is 2. The van der Waals surface area contributed by atoms with E-state index in [0.717, 1.165) is 24.2 Å². The number of amides is 2. The summed E-state index contributed by atoms with van der Waals surface area (Å²) in [7, 11) is 1.34. The van der Waals surface area contributed by atoms with Gasteiger partial charge in [-0.15, -0.1) is 0 Å². The number of likely N-dealkylation sites (tertiary alicyclic amines) is 1. The average Bonchev–Trinajstić information content (AvgIpc) is 3.31. The zero-order chi connectivity index (χ0) is 21.4. The highest BCUT2D eigenvalue weighted by molar-refractivity contribution is 5.94. The lowest BCUT2D eigenvalue weighted by Crippen LogP contribution is -2.51. The van der Waals surface area contributed by atoms with Gasteiger partial charge in [0.1, 0.15) is 0 Å². The van der Waals surface area contributed by atoms with Gasteiger partial charge in [0.05, 0.1) is 29.6 Å². The zero-order valence-electron chi connectivity index (χ0n) is 17.3. The number of para-hydroxylation sites is 2. The molecule has 2 amide bonds. The highest BCUT2D eigenvalue weighted by Crippen LogP contribution is 2.43. The smallest absolute Gasteiger partial charge is 0.337 e. The number of esters is 1. The van der Waals surface area contributed by atoms with Gasteiger partial charge in [0.25, 0.3) is 0 Å². The van der Waals surface area contributed by atoms with Crippen molar-refractivity contribution < 1.29 is 14.3 Å². The van der Waals surface area contributed by atoms with E-state index in [1.807, 2.05) is 17.0 Å². The molecule has 158 valence electrons. The predicted molar refractivity (Wildman–Crippen MR) is 119 cm³/mol. The molecule has 0 radical (unpaired) electrons. The van der Waals surface area contributed by atoms with Gasteiger partial charge in [-0.2, -0.15) is 0 Å². The second kappa shape index (κ2) is 7.50. The summed E-state index contributed by atoms with van der Waals surface area (Å²) in [5.41, 5.74) is 4.29. The van der Waals surface area contributed by atoms with E-state index in [9.17, 15) is 9.59 Å². The summed E-state index contributed by atoms with van der Waals surface area (Å²) < 4.78 is 7.00. The van der Waals surface area contributed by atoms with Crippen molar-refractivity contribution in [3.05, 3.63) is 78.1 Å². The van der Waals surface area contributed by atoms with Crippen molar-refractivity contribution in [2.75, 3.05) is 30.8 Å². The molecule has 3 heterocycles. The molecule has 0 unspecified atom stereocenters. The van der Waals surface area contributed by atoms with Crippen LogP contribution in [-0.4, -0.2) is 41.7 Å². The number of benzene rings is 2. The van der Waals surface area contributed by atoms with Crippen molar-refractivity contribution in [3.63, 3.8) is 0 Å². The van der Waals surface area contributed by atoms with Crippen LogP contribution in [0.25, 0.3) is 5.69 Å². The normalized spacial score (nSPS) is 16.1. The summed E-state index contributed by atoms with van der Waals surface area (Å²) in [5, 5.41) is 6.67. The number of piperidine rings is 1. The monoisotopic (exact) mass is 416 g/mol. The zero-order valence-corrected chi connectivity index (χ0v) is 17.3. The first kappa shape index (κ1) is 19.2. The fourth-order valence-electron chi connectivity index (χ4n) is 4.61. The van der Waals surface area contributed by atoms with Gasteiger partial charge < -0.3 is 24.8 Å². The third-order valence-electron chi connectivity index (χ3n) is 6.22. The summed E-state index contributed by atoms with van der Waals surface area (Å²) in [4.78, 5) is 26.4. The summed E-state index contributed by atoms with van der Waals surface area (Å²) in [6, 6.07) is 19.2. The molecule has 31 heavy (non-hydrogen) atoms. The Balaban J connectivity index is 1.30. The lowest BCUT2D eigenvalue weighted by atomic mass is 9.82. The fraction of sp³-hybridized carbons (Fsp3) is 0.250. The molecule has 0 aliphatic carbocycles. The van der Waals surface area contributed by atoms with Crippen LogP contribution in [0.1, 0.15) is 28.9 Å². The van der Waals surface area contributed by atoms with Crippen LogP contribution in [-0.2, 0) is 10.3 Å². The fourth-order valence-corrected chi connectivity index (χ4v) is 4.61. The van der Waals surface area contributed by atoms with Gasteiger partial charge in [0.15, 0.2) is 0 Å². The molecular weight excluding hydrogens is 392 g/mol. The minimum Gasteiger partial charge on any atom is -0.465 e. The first-order valence-corrected chi connectivity index (χ1v) is 10.4. The second-order valence-corrected chi connectivity index (χ2v) is 7.98. The maximum atomic E-state index is 12.9. The summed E-state index contributed by atoms with van der Waals surface area (Å²) in [5.74, 6) is -0.428. The number of rotatable bonds is 2. The van der Waals surface area contributed by atoms with Crippen LogP contribution < -0.4 is 10.6 Å². The Morgan fingerprint density at radius 1 is 1.03 bits per heavy atom. The molecule has 5 rings (SSSR count). The highest BCUT2D eigenvalue weighted by atomic mass is 16.5. The van der Waals surface area contributed by atoms with Gasteiger partial charge in [-0.05, 0) is 55.3 Å². The molecule has 2 aliphatic rings. The summed E-state index contributed by atoms with van der Waals surface area (Å²) in [6.07, 6.45) is 3.71. The molecule has 0 saturated carbocycles. The standard InChI is InChI=1S/C24H24N4O3/c1-31-22(29)17-6-4-7-18(16-17)25-23(30)27-14-11-24(12-15-27)21-10-5-13-28(21)20-9-3-2-8-19(20)26-24/h2-10,13,16,26H,11-12,14-15H2,1H3,(H,25,30). The van der Waals surface area contributed by atoms with Gasteiger partial charge in [0, 0.05) is 30.7 Å². The lowest BCUT2D eigenvalue weighted by Gasteiger charge is -2.46. The van der Waals surface area contributed by atoms with Crippen LogP contribution in [0.2, 0.25) is 0 Å². The minimum atomic E-state index is -0.428. The Kier molecular flexibility index (Phi) is 4.66. The number of urea groups is 1. The number of aromatic nitrogens is 1. The highest BCUT2D eigenvalue weighted by Gasteiger charge is 2.42. The number of hydrogen-bond acceptors (Lipinski definition) is 4. The predicted octanol–water partition coefficient (Wildman–Crippen LogP) is 4.21. The molecule has 2 aromatic carbocycles. The molecule has 1 spiro atoms. The van der Waals surface area contributed by atoms with Crippen molar-refractivity contribution in [3.8, 4) is 5.69 Å². The number of hydrogen-bond donors (Lipinski definition) is 2. The number of nitrogens with one attached hydrogen (secondary N) is 2. The Hall–Kier alpha value is -3.74. The Morgan fingerprint density at radius 2 is 1.84 bits per heavy atom. The quantitative estimate of drug-likeness (QED) is 0.614. The Morgan fingerprint density at radius 3 is 2.65 bits per heavy atom. The van der Waals surface area contributed by atoms with Crippen LogP contribution in [0.3, 0.4) is 0 Å². The molecule has 3 aromatic rings. The second-order valence-electron chi connectivity index (χ2n) is 7.98. The van der Waals surface area contributed by atoms with Crippen LogP contribution in [0.5, 0.6) is 0 Å². The van der Waals surface area contributed by atoms with Crippen LogP contribution in [0.4, 0.5) is 16.2 Å². The molecule has 2 N–H and O–H groups in total. The van der Waals surface area contributed by atoms with Crippen molar-refractivity contribution in [1.82, 2.24) is 9.47 Å². The van der Waals surface area contributed by atoms with Crippen LogP contribution >= 0.6 is 0 Å². The van der Waals surface area contributed by atoms with Gasteiger partial charge >= 0.3 is 12.0 Å². The van der Waals surface area contributed by atoms with Gasteiger partial charge in [-0.25, -0.2) is 9.59 Å². The molecule has 1 fully saturated rings. The number of methoxy groups -OCH3 is 1. The van der Waals surface area contributed by atoms with Gasteiger partial charge in [-0.1, -0.05) is 18.2 Å². The average molecular weight is 416 g/mol. The minimum absolute atomic E-state index is 0.163. The van der Waals surface area contributed by atoms with E-state index in [4.69, 9.17) is 4.74 Å². The molecule has 0 atom stereocenters. The van der Waals surface area contributed by atoms with Crippen LogP contribution in [0, 0.1) is 0 Å². The topological polar surface area (TPSA) is 75.6 Å². The Labute approximate surface area is 180 Å². The van der Waals surface area contributed by atoms with Gasteiger partial charge in [0.2, 0.25) is 0 Å². The molecular formula is C24H24N4O3. The van der Waals surface area contributed by atoms with E-state index in [0.29, 0.717) is 24.3 Å². The van der Waals surface area contributed by atoms with Crippen LogP contribution in [0.15, 0.2) is 66.9 Å². The molecule has 0 bridgehead atoms. The third kappa shape index (κ3) is 3.32. The lowest BCUT2D eigenvalue weighted by molar-refractivity contribution is 0.0600. The van der Waals surface area contributed by atoms with E-state index in [1.54, 1.807) is 24.3 Å². The van der Waals surface area contributed by atoms with Crippen molar-refractivity contribution >= 4 is 23.4 Å². The van der Waals surface area contributed by atoms with Gasteiger partial charge in [-0.3, -0.25) is 0 Å². The SMILES string of the molecule is COC(=O)c1cccc(NC(=O)N2CCC3(CC2)Nc2ccccc2-n2cccc23)c1. The number of fused-ring (bicyclic) bond motifs is 4. The first-order chi connectivity index (χ1) is 15.1. The largest absolute Gasteiger partial charge is 0.465 e. The first-order valence-electron chi connectivity index (χ1n) is 10.4. The van der Waals surface area contributed by atoms with Crippen molar-refractivity contribution in [2.45, 2.75) is 18.4 Å². The number of nitrogens with zero attached hydrogens (tertiary/aromatic N) is 2. The Bertz CT molecular complexity index is 1140. The molecule has 1 saturated heterocycles. The van der Waals surface area contributed by atoms with Crippen molar-refractivity contribution in [2.24, 2.45) is 0 Å². The maximum absolute atomic E-state index is 12.9.